The van der Waals surface area contributed by atoms with E-state index in [1.165, 1.54) is 32.1 Å². The summed E-state index contributed by atoms with van der Waals surface area (Å²) in [6.07, 6.45) is 2.96. The summed E-state index contributed by atoms with van der Waals surface area (Å²) in [6.45, 7) is 4.48. The predicted octanol–water partition coefficient (Wildman–Crippen LogP) is 2.40. The van der Waals surface area contributed by atoms with Gasteiger partial charge in [0.25, 0.3) is 0 Å². The Morgan fingerprint density at radius 3 is 1.85 bits per heavy atom. The number of rotatable bonds is 19. The molecule has 0 aromatic rings. The van der Waals surface area contributed by atoms with E-state index in [0.717, 1.165) is 46.5 Å². The van der Waals surface area contributed by atoms with Gasteiger partial charge in [-0.05, 0) is 6.42 Å². The zero-order valence-corrected chi connectivity index (χ0v) is 25.2. The summed E-state index contributed by atoms with van der Waals surface area (Å²) in [4.78, 5) is 66.7. The van der Waals surface area contributed by atoms with Gasteiger partial charge in [0.15, 0.2) is 12.2 Å². The molecule has 6 atom stereocenters. The molecule has 0 aliphatic carbocycles. The molecular formula is C26H46NO13P. The lowest BCUT2D eigenvalue weighted by molar-refractivity contribution is -0.269. The monoisotopic (exact) mass is 611 g/mol. The fourth-order valence-electron chi connectivity index (χ4n) is 4.54. The van der Waals surface area contributed by atoms with Gasteiger partial charge in [0.05, 0.1) is 19.1 Å². The molecule has 1 heterocycles. The van der Waals surface area contributed by atoms with E-state index in [-0.39, 0.29) is 6.42 Å². The van der Waals surface area contributed by atoms with Crippen molar-refractivity contribution >= 4 is 31.6 Å². The van der Waals surface area contributed by atoms with Gasteiger partial charge in [-0.15, -0.1) is 0 Å². The molecule has 1 aliphatic heterocycles. The zero-order valence-electron chi connectivity index (χ0n) is 24.3. The van der Waals surface area contributed by atoms with Crippen LogP contribution in [0, 0.1) is 0 Å². The van der Waals surface area contributed by atoms with Crippen LogP contribution in [0.2, 0.25) is 0 Å². The second-order valence-electron chi connectivity index (χ2n) is 10.2. The van der Waals surface area contributed by atoms with Gasteiger partial charge in [0.2, 0.25) is 12.2 Å². The second kappa shape index (κ2) is 19.2. The molecular weight excluding hydrogens is 565 g/mol. The minimum absolute atomic E-state index is 0.309. The molecule has 41 heavy (non-hydrogen) atoms. The Morgan fingerprint density at radius 2 is 1.34 bits per heavy atom. The number of phosphoric acid groups is 1. The lowest BCUT2D eigenvalue weighted by atomic mass is 9.95. The Morgan fingerprint density at radius 1 is 0.829 bits per heavy atom. The third kappa shape index (κ3) is 16.2. The number of carbonyl (C=O) groups is 4. The van der Waals surface area contributed by atoms with Crippen LogP contribution >= 0.6 is 7.82 Å². The smallest absolute Gasteiger partial charge is 0.456 e. The summed E-state index contributed by atoms with van der Waals surface area (Å²) in [7, 11) is -5.00. The van der Waals surface area contributed by atoms with Crippen molar-refractivity contribution in [3.8, 4) is 0 Å². The average molecular weight is 612 g/mol. The fraction of sp³-hybridized carbons (Fsp3) is 0.846. The molecule has 1 rings (SSSR count). The zero-order chi connectivity index (χ0) is 31.0. The van der Waals surface area contributed by atoms with E-state index in [9.17, 15) is 28.8 Å². The van der Waals surface area contributed by atoms with E-state index < -0.39 is 75.0 Å². The van der Waals surface area contributed by atoms with Crippen molar-refractivity contribution < 1.29 is 62.1 Å². The number of ether oxygens (including phenoxy) is 4. The standard InChI is InChI=1S/C26H46NO13P/c1-5-6-7-8-9-10-11-12-13-14-20(31)15-22(32)27-23-25(38-18(3)29)24(37-17(2)28)21(16-36-41(33,34)35)40-26(23)39-19(4)30/h20-21,23-26,31H,5-16H2,1-4H3,(H,27,32)(H2,33,34,35)/t20?,21-,23-,24-,25-,26-/m1/s1. The number of carbonyl (C=O) groups excluding carboxylic acids is 4. The SMILES string of the molecule is CCCCCCCCCCCC(O)CC(=O)N[C@H]1[C@H](OC(C)=O)O[C@H](COP(=O)(O)O)[C@@H](OC(C)=O)[C@@H]1OC(C)=O. The van der Waals surface area contributed by atoms with Crippen molar-refractivity contribution in [2.24, 2.45) is 0 Å². The van der Waals surface area contributed by atoms with Gasteiger partial charge in [-0.1, -0.05) is 64.7 Å². The van der Waals surface area contributed by atoms with Crippen molar-refractivity contribution in [3.63, 3.8) is 0 Å². The molecule has 238 valence electrons. The van der Waals surface area contributed by atoms with E-state index >= 15 is 0 Å². The lowest BCUT2D eigenvalue weighted by Crippen LogP contribution is -2.67. The quantitative estimate of drug-likeness (QED) is 0.0718. The minimum Gasteiger partial charge on any atom is -0.456 e. The van der Waals surface area contributed by atoms with Gasteiger partial charge in [-0.3, -0.25) is 23.7 Å². The number of aliphatic hydroxyl groups excluding tert-OH is 1. The Hall–Kier alpha value is -2.09. The maximum atomic E-state index is 12.9. The highest BCUT2D eigenvalue weighted by Crippen LogP contribution is 2.38. The Balaban J connectivity index is 2.90. The number of amides is 1. The van der Waals surface area contributed by atoms with Gasteiger partial charge in [0, 0.05) is 20.8 Å². The van der Waals surface area contributed by atoms with Crippen molar-refractivity contribution in [3.05, 3.63) is 0 Å². The van der Waals surface area contributed by atoms with Gasteiger partial charge in [-0.2, -0.15) is 0 Å². The summed E-state index contributed by atoms with van der Waals surface area (Å²) in [5, 5.41) is 12.9. The fourth-order valence-corrected chi connectivity index (χ4v) is 4.88. The molecule has 0 bridgehead atoms. The van der Waals surface area contributed by atoms with Crippen LogP contribution in [0.25, 0.3) is 0 Å². The highest BCUT2D eigenvalue weighted by Gasteiger charge is 2.52. The maximum Gasteiger partial charge on any atom is 0.469 e. The van der Waals surface area contributed by atoms with Crippen molar-refractivity contribution in [2.45, 2.75) is 135 Å². The van der Waals surface area contributed by atoms with Crippen molar-refractivity contribution in [1.29, 1.82) is 0 Å². The molecule has 1 saturated heterocycles. The van der Waals surface area contributed by atoms with Gasteiger partial charge in [0.1, 0.15) is 12.1 Å². The number of unbranched alkanes of at least 4 members (excludes halogenated alkanes) is 8. The topological polar surface area (TPSA) is 204 Å². The molecule has 4 N–H and O–H groups in total. The third-order valence-corrected chi connectivity index (χ3v) is 6.81. The first-order chi connectivity index (χ1) is 19.2. The van der Waals surface area contributed by atoms with Crippen LogP contribution < -0.4 is 5.32 Å². The molecule has 0 spiro atoms. The average Bonchev–Trinajstić information content (AvgIpc) is 2.84. The summed E-state index contributed by atoms with van der Waals surface area (Å²) in [5.74, 6) is -3.23. The van der Waals surface area contributed by atoms with E-state index in [0.29, 0.717) is 6.42 Å². The van der Waals surface area contributed by atoms with Gasteiger partial charge >= 0.3 is 25.7 Å². The normalized spacial score (nSPS) is 23.3. The van der Waals surface area contributed by atoms with Crippen LogP contribution in [-0.2, 0) is 47.2 Å². The molecule has 0 aromatic heterocycles. The summed E-state index contributed by atoms with van der Waals surface area (Å²) in [6, 6.07) is -1.40. The number of esters is 3. The minimum atomic E-state index is -5.00. The molecule has 0 saturated carbocycles. The van der Waals surface area contributed by atoms with Gasteiger partial charge < -0.3 is 39.2 Å². The maximum absolute atomic E-state index is 12.9. The Bertz CT molecular complexity index is 879. The molecule has 1 unspecified atom stereocenters. The molecule has 15 heteroatoms. The summed E-state index contributed by atoms with van der Waals surface area (Å²) >= 11 is 0. The first-order valence-corrected chi connectivity index (χ1v) is 15.6. The lowest BCUT2D eigenvalue weighted by Gasteiger charge is -2.44. The summed E-state index contributed by atoms with van der Waals surface area (Å²) < 4.78 is 37.1. The second-order valence-corrected chi connectivity index (χ2v) is 11.4. The Labute approximate surface area is 241 Å². The number of aliphatic hydroxyl groups is 1. The van der Waals surface area contributed by atoms with Crippen LogP contribution in [0.4, 0.5) is 0 Å². The van der Waals surface area contributed by atoms with Crippen LogP contribution in [-0.4, -0.2) is 82.1 Å². The number of phosphoric ester groups is 1. The van der Waals surface area contributed by atoms with Crippen LogP contribution in [0.15, 0.2) is 0 Å². The molecule has 1 fully saturated rings. The number of hydrogen-bond donors (Lipinski definition) is 4. The van der Waals surface area contributed by atoms with Crippen LogP contribution in [0.1, 0.15) is 98.3 Å². The first-order valence-electron chi connectivity index (χ1n) is 14.1. The van der Waals surface area contributed by atoms with E-state index in [1.54, 1.807) is 0 Å². The molecule has 14 nitrogen and oxygen atoms in total. The molecule has 0 radical (unpaired) electrons. The number of nitrogens with one attached hydrogen (secondary N) is 1. The molecule has 1 amide bonds. The van der Waals surface area contributed by atoms with Gasteiger partial charge in [-0.25, -0.2) is 4.57 Å². The van der Waals surface area contributed by atoms with E-state index in [4.69, 9.17) is 28.7 Å². The van der Waals surface area contributed by atoms with Crippen molar-refractivity contribution in [2.75, 3.05) is 6.61 Å². The van der Waals surface area contributed by atoms with E-state index in [2.05, 4.69) is 16.8 Å². The number of hydrogen-bond acceptors (Lipinski definition) is 11. The Kier molecular flexibility index (Phi) is 17.3. The largest absolute Gasteiger partial charge is 0.469 e. The van der Waals surface area contributed by atoms with Crippen LogP contribution in [0.3, 0.4) is 0 Å². The van der Waals surface area contributed by atoms with Crippen molar-refractivity contribution in [1.82, 2.24) is 5.32 Å². The van der Waals surface area contributed by atoms with Crippen LogP contribution in [0.5, 0.6) is 0 Å². The molecule has 0 aromatic carbocycles. The highest BCUT2D eigenvalue weighted by atomic mass is 31.2. The highest BCUT2D eigenvalue weighted by molar-refractivity contribution is 7.46. The third-order valence-electron chi connectivity index (χ3n) is 6.33. The first kappa shape index (κ1) is 36.9. The van der Waals surface area contributed by atoms with E-state index in [1.807, 2.05) is 0 Å². The molecule has 1 aliphatic rings. The predicted molar refractivity (Wildman–Crippen MR) is 144 cm³/mol. The summed E-state index contributed by atoms with van der Waals surface area (Å²) in [5.41, 5.74) is 0.